The minimum Gasteiger partial charge on any atom is -0.454 e. The molecule has 2 aliphatic heterocycles. The van der Waals surface area contributed by atoms with E-state index in [-0.39, 0.29) is 6.79 Å². The first-order valence-corrected chi connectivity index (χ1v) is 8.73. The van der Waals surface area contributed by atoms with Crippen molar-refractivity contribution in [3.63, 3.8) is 0 Å². The molecule has 0 aliphatic carbocycles. The van der Waals surface area contributed by atoms with Gasteiger partial charge in [-0.1, -0.05) is 0 Å². The zero-order chi connectivity index (χ0) is 16.1. The molecule has 0 radical (unpaired) electrons. The first kappa shape index (κ1) is 16.4. The van der Waals surface area contributed by atoms with Crippen molar-refractivity contribution in [2.45, 2.75) is 19.9 Å². The Hall–Kier alpha value is -1.47. The van der Waals surface area contributed by atoms with Crippen molar-refractivity contribution in [2.24, 2.45) is 10.9 Å². The van der Waals surface area contributed by atoms with Gasteiger partial charge in [-0.2, -0.15) is 0 Å². The second kappa shape index (κ2) is 7.88. The summed E-state index contributed by atoms with van der Waals surface area (Å²) in [7, 11) is 0. The molecule has 0 spiro atoms. The molecule has 23 heavy (non-hydrogen) atoms. The maximum Gasteiger partial charge on any atom is 0.231 e. The number of hydrogen-bond acceptors (Lipinski definition) is 4. The van der Waals surface area contributed by atoms with Gasteiger partial charge >= 0.3 is 0 Å². The number of hydrogen-bond donors (Lipinski definition) is 2. The molecule has 1 aromatic carbocycles. The number of nitrogens with zero attached hydrogens (tertiary/aromatic N) is 1. The summed E-state index contributed by atoms with van der Waals surface area (Å²) < 4.78 is 17.2. The van der Waals surface area contributed by atoms with Crippen LogP contribution in [0.2, 0.25) is 0 Å². The molecular formula is C16H22BrN3O3. The normalized spacial score (nSPS) is 19.9. The second-order valence-electron chi connectivity index (χ2n) is 5.62. The number of halogens is 1. The minimum absolute atomic E-state index is 0.272. The maximum atomic E-state index is 5.44. The molecule has 1 fully saturated rings. The summed E-state index contributed by atoms with van der Waals surface area (Å²) in [5.41, 5.74) is 1.07. The molecule has 0 amide bonds. The molecule has 1 unspecified atom stereocenters. The second-order valence-corrected chi connectivity index (χ2v) is 6.47. The lowest BCUT2D eigenvalue weighted by molar-refractivity contribution is 0.173. The fraction of sp³-hybridized carbons (Fsp3) is 0.562. The molecule has 2 heterocycles. The largest absolute Gasteiger partial charge is 0.454 e. The molecule has 6 nitrogen and oxygen atoms in total. The van der Waals surface area contributed by atoms with Crippen LogP contribution in [0.25, 0.3) is 0 Å². The Morgan fingerprint density at radius 3 is 3.04 bits per heavy atom. The van der Waals surface area contributed by atoms with Gasteiger partial charge in [0.05, 0.1) is 17.6 Å². The third-order valence-corrected chi connectivity index (χ3v) is 4.42. The molecule has 3 rings (SSSR count). The molecule has 126 valence electrons. The van der Waals surface area contributed by atoms with Gasteiger partial charge in [-0.25, -0.2) is 4.99 Å². The summed E-state index contributed by atoms with van der Waals surface area (Å²) in [5, 5.41) is 6.67. The van der Waals surface area contributed by atoms with E-state index in [2.05, 4.69) is 38.5 Å². The predicted molar refractivity (Wildman–Crippen MR) is 92.0 cm³/mol. The molecule has 7 heteroatoms. The van der Waals surface area contributed by atoms with Crippen LogP contribution in [0.5, 0.6) is 11.5 Å². The van der Waals surface area contributed by atoms with E-state index in [0.717, 1.165) is 60.2 Å². The van der Waals surface area contributed by atoms with Crippen LogP contribution in [0.3, 0.4) is 0 Å². The van der Waals surface area contributed by atoms with E-state index in [0.29, 0.717) is 12.5 Å². The van der Waals surface area contributed by atoms with E-state index >= 15 is 0 Å². The molecule has 1 saturated heterocycles. The van der Waals surface area contributed by atoms with Crippen LogP contribution in [0.1, 0.15) is 18.9 Å². The van der Waals surface area contributed by atoms with Crippen molar-refractivity contribution in [2.75, 3.05) is 33.1 Å². The van der Waals surface area contributed by atoms with Crippen LogP contribution < -0.4 is 20.1 Å². The zero-order valence-electron chi connectivity index (χ0n) is 13.2. The third kappa shape index (κ3) is 4.29. The number of benzene rings is 1. The predicted octanol–water partition coefficient (Wildman–Crippen LogP) is 2.27. The van der Waals surface area contributed by atoms with Crippen LogP contribution in [-0.2, 0) is 11.3 Å². The van der Waals surface area contributed by atoms with Crippen LogP contribution in [0.15, 0.2) is 21.6 Å². The highest BCUT2D eigenvalue weighted by molar-refractivity contribution is 9.10. The van der Waals surface area contributed by atoms with Crippen LogP contribution in [0.4, 0.5) is 0 Å². The molecule has 0 aromatic heterocycles. The molecular weight excluding hydrogens is 362 g/mol. The number of guanidine groups is 1. The Kier molecular flexibility index (Phi) is 5.61. The zero-order valence-corrected chi connectivity index (χ0v) is 14.8. The lowest BCUT2D eigenvalue weighted by Crippen LogP contribution is -2.39. The molecule has 0 saturated carbocycles. The summed E-state index contributed by atoms with van der Waals surface area (Å²) in [6, 6.07) is 4.00. The van der Waals surface area contributed by atoms with Crippen LogP contribution in [0, 0.1) is 5.92 Å². The average Bonchev–Trinajstić information content (AvgIpc) is 3.21. The van der Waals surface area contributed by atoms with E-state index in [1.54, 1.807) is 0 Å². The molecule has 2 aliphatic rings. The quantitative estimate of drug-likeness (QED) is 0.603. The van der Waals surface area contributed by atoms with Crippen molar-refractivity contribution >= 4 is 21.9 Å². The first-order valence-electron chi connectivity index (χ1n) is 7.94. The topological polar surface area (TPSA) is 64.1 Å². The van der Waals surface area contributed by atoms with Crippen LogP contribution in [-0.4, -0.2) is 39.1 Å². The van der Waals surface area contributed by atoms with E-state index in [4.69, 9.17) is 14.2 Å². The van der Waals surface area contributed by atoms with Crippen molar-refractivity contribution < 1.29 is 14.2 Å². The number of aliphatic imine (C=N–C) groups is 1. The van der Waals surface area contributed by atoms with Crippen molar-refractivity contribution in [1.82, 2.24) is 10.6 Å². The Balaban J connectivity index is 1.62. The number of nitrogens with one attached hydrogen (secondary N) is 2. The lowest BCUT2D eigenvalue weighted by atomic mass is 10.1. The number of fused-ring (bicyclic) bond motifs is 1. The molecule has 0 bridgehead atoms. The number of rotatable bonds is 5. The SMILES string of the molecule is CCNC(=NCc1cc(Br)c2c(c1)OCO2)NCC1CCOC1. The van der Waals surface area contributed by atoms with Crippen molar-refractivity contribution in [3.05, 3.63) is 22.2 Å². The highest BCUT2D eigenvalue weighted by Crippen LogP contribution is 2.40. The third-order valence-electron chi connectivity index (χ3n) is 3.83. The van der Waals surface area contributed by atoms with Gasteiger partial charge in [0.25, 0.3) is 0 Å². The Morgan fingerprint density at radius 2 is 2.26 bits per heavy atom. The fourth-order valence-electron chi connectivity index (χ4n) is 2.61. The van der Waals surface area contributed by atoms with Gasteiger partial charge in [0, 0.05) is 25.6 Å². The monoisotopic (exact) mass is 383 g/mol. The van der Waals surface area contributed by atoms with Crippen molar-refractivity contribution in [1.29, 1.82) is 0 Å². The Morgan fingerprint density at radius 1 is 1.35 bits per heavy atom. The van der Waals surface area contributed by atoms with E-state index in [1.165, 1.54) is 0 Å². The number of ether oxygens (including phenoxy) is 3. The average molecular weight is 384 g/mol. The van der Waals surface area contributed by atoms with Gasteiger partial charge in [-0.15, -0.1) is 0 Å². The molecule has 1 aromatic rings. The molecule has 1 atom stereocenters. The standard InChI is InChI=1S/C16H22BrN3O3/c1-2-18-16(19-7-11-3-4-21-9-11)20-8-12-5-13(17)15-14(6-12)22-10-23-15/h5-6,11H,2-4,7-10H2,1H3,(H2,18,19,20). The highest BCUT2D eigenvalue weighted by Gasteiger charge is 2.18. The van der Waals surface area contributed by atoms with Gasteiger partial charge in [0.15, 0.2) is 17.5 Å². The van der Waals surface area contributed by atoms with Crippen LogP contribution >= 0.6 is 15.9 Å². The smallest absolute Gasteiger partial charge is 0.231 e. The molecule has 2 N–H and O–H groups in total. The Bertz CT molecular complexity index is 574. The maximum absolute atomic E-state index is 5.44. The van der Waals surface area contributed by atoms with E-state index in [1.807, 2.05) is 12.1 Å². The summed E-state index contributed by atoms with van der Waals surface area (Å²) in [6.45, 7) is 6.33. The van der Waals surface area contributed by atoms with Gasteiger partial charge in [-0.3, -0.25) is 0 Å². The fourth-order valence-corrected chi connectivity index (χ4v) is 3.21. The van der Waals surface area contributed by atoms with Gasteiger partial charge in [0.1, 0.15) is 0 Å². The van der Waals surface area contributed by atoms with E-state index in [9.17, 15) is 0 Å². The van der Waals surface area contributed by atoms with E-state index < -0.39 is 0 Å². The van der Waals surface area contributed by atoms with Gasteiger partial charge < -0.3 is 24.8 Å². The summed E-state index contributed by atoms with van der Waals surface area (Å²) >= 11 is 3.51. The summed E-state index contributed by atoms with van der Waals surface area (Å²) in [4.78, 5) is 4.65. The van der Waals surface area contributed by atoms with Gasteiger partial charge in [0.2, 0.25) is 6.79 Å². The summed E-state index contributed by atoms with van der Waals surface area (Å²) in [5.74, 6) is 2.93. The lowest BCUT2D eigenvalue weighted by Gasteiger charge is -2.14. The minimum atomic E-state index is 0.272. The first-order chi connectivity index (χ1) is 11.3. The van der Waals surface area contributed by atoms with Gasteiger partial charge in [-0.05, 0) is 47.0 Å². The Labute approximate surface area is 144 Å². The van der Waals surface area contributed by atoms with Crippen molar-refractivity contribution in [3.8, 4) is 11.5 Å². The highest BCUT2D eigenvalue weighted by atomic mass is 79.9. The summed E-state index contributed by atoms with van der Waals surface area (Å²) in [6.07, 6.45) is 1.11.